The van der Waals surface area contributed by atoms with Gasteiger partial charge in [0.15, 0.2) is 0 Å². The minimum atomic E-state index is -0.0612. The van der Waals surface area contributed by atoms with Gasteiger partial charge in [0, 0.05) is 24.7 Å². The first kappa shape index (κ1) is 14.5. The predicted molar refractivity (Wildman–Crippen MR) is 81.7 cm³/mol. The second kappa shape index (κ2) is 6.14. The number of hydrogen-bond donors (Lipinski definition) is 1. The van der Waals surface area contributed by atoms with Crippen LogP contribution in [0.2, 0.25) is 0 Å². The van der Waals surface area contributed by atoms with Gasteiger partial charge in [0.05, 0.1) is 11.8 Å². The first-order chi connectivity index (χ1) is 10.7. The van der Waals surface area contributed by atoms with Crippen LogP contribution in [0.1, 0.15) is 25.5 Å². The molecule has 1 amide bonds. The third-order valence-corrected chi connectivity index (χ3v) is 4.59. The average Bonchev–Trinajstić information content (AvgIpc) is 2.99. The van der Waals surface area contributed by atoms with E-state index in [2.05, 4.69) is 21.9 Å². The molecule has 1 fully saturated rings. The number of nitrogens with one attached hydrogen (secondary N) is 1. The largest absolute Gasteiger partial charge is 0.346 e. The summed E-state index contributed by atoms with van der Waals surface area (Å²) < 4.78 is 0. The fraction of sp³-hybridized carbons (Fsp3) is 0.500. The number of aromatic amines is 1. The Hall–Kier alpha value is -2.42. The zero-order valence-electron chi connectivity index (χ0n) is 12.6. The quantitative estimate of drug-likeness (QED) is 0.937. The van der Waals surface area contributed by atoms with E-state index in [4.69, 9.17) is 5.26 Å². The van der Waals surface area contributed by atoms with Crippen LogP contribution in [-0.2, 0) is 11.2 Å². The van der Waals surface area contributed by atoms with Crippen LogP contribution < -0.4 is 0 Å². The Balaban J connectivity index is 1.77. The molecule has 6 heteroatoms. The lowest BCUT2D eigenvalue weighted by atomic mass is 9.83. The van der Waals surface area contributed by atoms with Crippen molar-refractivity contribution in [3.05, 3.63) is 24.3 Å². The van der Waals surface area contributed by atoms with E-state index in [-0.39, 0.29) is 12.3 Å². The first-order valence-electron chi connectivity index (χ1n) is 7.60. The Morgan fingerprint density at radius 1 is 1.55 bits per heavy atom. The van der Waals surface area contributed by atoms with Crippen LogP contribution >= 0.6 is 0 Å². The Bertz CT molecular complexity index is 717. The standard InChI is InChI=1S/C16H19N5O/c1-11-4-7-21(15(22)2-5-17)9-12(11)8-14-13-3-6-18-16(13)20-10-19-14/h3,6,10-12H,2,4,7-9H2,1H3,(H,18,19,20)/t11-,12-/m1/s1. The summed E-state index contributed by atoms with van der Waals surface area (Å²) in [7, 11) is 0. The first-order valence-corrected chi connectivity index (χ1v) is 7.60. The highest BCUT2D eigenvalue weighted by Gasteiger charge is 2.29. The average molecular weight is 297 g/mol. The molecular weight excluding hydrogens is 278 g/mol. The maximum Gasteiger partial charge on any atom is 0.236 e. The van der Waals surface area contributed by atoms with Crippen molar-refractivity contribution >= 4 is 16.9 Å². The maximum absolute atomic E-state index is 11.9. The van der Waals surface area contributed by atoms with Crippen molar-refractivity contribution in [2.45, 2.75) is 26.2 Å². The maximum atomic E-state index is 11.9. The molecule has 0 bridgehead atoms. The number of aromatic nitrogens is 3. The van der Waals surface area contributed by atoms with Crippen molar-refractivity contribution in [2.24, 2.45) is 11.8 Å². The number of hydrogen-bond acceptors (Lipinski definition) is 4. The lowest BCUT2D eigenvalue weighted by molar-refractivity contribution is -0.132. The number of nitriles is 1. The van der Waals surface area contributed by atoms with E-state index in [0.717, 1.165) is 36.1 Å². The van der Waals surface area contributed by atoms with E-state index < -0.39 is 0 Å². The van der Waals surface area contributed by atoms with Crippen molar-refractivity contribution in [1.29, 1.82) is 5.26 Å². The van der Waals surface area contributed by atoms with Gasteiger partial charge in [-0.25, -0.2) is 9.97 Å². The Labute approximate surface area is 129 Å². The third-order valence-electron chi connectivity index (χ3n) is 4.59. The Morgan fingerprint density at radius 2 is 2.41 bits per heavy atom. The molecule has 3 rings (SSSR count). The van der Waals surface area contributed by atoms with Crippen LogP contribution in [0.25, 0.3) is 11.0 Å². The summed E-state index contributed by atoms with van der Waals surface area (Å²) in [6.45, 7) is 3.69. The number of likely N-dealkylation sites (tertiary alicyclic amines) is 1. The van der Waals surface area contributed by atoms with Gasteiger partial charge in [0.25, 0.3) is 0 Å². The van der Waals surface area contributed by atoms with Gasteiger partial charge in [-0.2, -0.15) is 5.26 Å². The number of rotatable bonds is 3. The molecule has 0 saturated carbocycles. The highest BCUT2D eigenvalue weighted by molar-refractivity contribution is 5.78. The summed E-state index contributed by atoms with van der Waals surface area (Å²) >= 11 is 0. The molecule has 0 aliphatic carbocycles. The van der Waals surface area contributed by atoms with Crippen LogP contribution in [-0.4, -0.2) is 38.8 Å². The summed E-state index contributed by atoms with van der Waals surface area (Å²) in [5.41, 5.74) is 1.88. The van der Waals surface area contributed by atoms with Gasteiger partial charge in [-0.3, -0.25) is 4.79 Å². The van der Waals surface area contributed by atoms with Crippen molar-refractivity contribution in [3.8, 4) is 6.07 Å². The molecule has 1 saturated heterocycles. The van der Waals surface area contributed by atoms with Gasteiger partial charge in [0.2, 0.25) is 5.91 Å². The molecule has 2 atom stereocenters. The predicted octanol–water partition coefficient (Wildman–Crippen LogP) is 1.90. The van der Waals surface area contributed by atoms with Crippen molar-refractivity contribution in [2.75, 3.05) is 13.1 Å². The van der Waals surface area contributed by atoms with Crippen LogP contribution in [0, 0.1) is 23.2 Å². The van der Waals surface area contributed by atoms with Gasteiger partial charge < -0.3 is 9.88 Å². The second-order valence-corrected chi connectivity index (χ2v) is 5.97. The van der Waals surface area contributed by atoms with Gasteiger partial charge in [-0.1, -0.05) is 6.92 Å². The number of nitrogens with zero attached hydrogens (tertiary/aromatic N) is 4. The molecule has 0 aromatic carbocycles. The van der Waals surface area contributed by atoms with E-state index in [1.54, 1.807) is 6.33 Å². The number of carbonyl (C=O) groups excluding carboxylic acids is 1. The molecule has 2 aromatic rings. The molecule has 6 nitrogen and oxygen atoms in total. The van der Waals surface area contributed by atoms with E-state index in [1.807, 2.05) is 23.2 Å². The SMILES string of the molecule is C[C@@H]1CCN(C(=O)CC#N)C[C@H]1Cc1ncnc2[nH]ccc12. The fourth-order valence-corrected chi connectivity index (χ4v) is 3.16. The molecule has 114 valence electrons. The number of carbonyl (C=O) groups is 1. The highest BCUT2D eigenvalue weighted by atomic mass is 16.2. The Kier molecular flexibility index (Phi) is 4.05. The van der Waals surface area contributed by atoms with Crippen LogP contribution in [0.4, 0.5) is 0 Å². The van der Waals surface area contributed by atoms with Gasteiger partial charge >= 0.3 is 0 Å². The summed E-state index contributed by atoms with van der Waals surface area (Å²) in [5.74, 6) is 0.841. The molecule has 2 aromatic heterocycles. The minimum absolute atomic E-state index is 0.0311. The van der Waals surface area contributed by atoms with Crippen molar-refractivity contribution < 1.29 is 4.79 Å². The van der Waals surface area contributed by atoms with E-state index in [0.29, 0.717) is 18.4 Å². The summed E-state index contributed by atoms with van der Waals surface area (Å²) in [5, 5.41) is 9.75. The third kappa shape index (κ3) is 2.80. The topological polar surface area (TPSA) is 85.7 Å². The summed E-state index contributed by atoms with van der Waals surface area (Å²) in [4.78, 5) is 25.5. The number of piperidine rings is 1. The van der Waals surface area contributed by atoms with Crippen molar-refractivity contribution in [3.63, 3.8) is 0 Å². The lowest BCUT2D eigenvalue weighted by Gasteiger charge is -2.36. The van der Waals surface area contributed by atoms with E-state index in [1.165, 1.54) is 0 Å². The molecule has 22 heavy (non-hydrogen) atoms. The smallest absolute Gasteiger partial charge is 0.236 e. The fourth-order valence-electron chi connectivity index (χ4n) is 3.16. The van der Waals surface area contributed by atoms with Crippen LogP contribution in [0.15, 0.2) is 18.6 Å². The molecule has 3 heterocycles. The molecule has 0 spiro atoms. The summed E-state index contributed by atoms with van der Waals surface area (Å²) in [6.07, 6.45) is 5.23. The zero-order chi connectivity index (χ0) is 15.5. The molecule has 1 N–H and O–H groups in total. The Morgan fingerprint density at radius 3 is 3.23 bits per heavy atom. The number of amides is 1. The molecule has 1 aliphatic heterocycles. The lowest BCUT2D eigenvalue weighted by Crippen LogP contribution is -2.43. The molecule has 1 aliphatic rings. The van der Waals surface area contributed by atoms with Crippen LogP contribution in [0.3, 0.4) is 0 Å². The normalized spacial score (nSPS) is 21.7. The second-order valence-electron chi connectivity index (χ2n) is 5.97. The number of H-pyrrole nitrogens is 1. The zero-order valence-corrected chi connectivity index (χ0v) is 12.6. The van der Waals surface area contributed by atoms with Gasteiger partial charge in [-0.05, 0) is 30.7 Å². The monoisotopic (exact) mass is 297 g/mol. The van der Waals surface area contributed by atoms with Crippen LogP contribution in [0.5, 0.6) is 0 Å². The molecule has 0 unspecified atom stereocenters. The van der Waals surface area contributed by atoms with E-state index in [9.17, 15) is 4.79 Å². The van der Waals surface area contributed by atoms with Crippen molar-refractivity contribution in [1.82, 2.24) is 19.9 Å². The minimum Gasteiger partial charge on any atom is -0.346 e. The summed E-state index contributed by atoms with van der Waals surface area (Å²) in [6, 6.07) is 3.94. The van der Waals surface area contributed by atoms with Gasteiger partial charge in [0.1, 0.15) is 18.4 Å². The molecular formula is C16H19N5O. The van der Waals surface area contributed by atoms with E-state index >= 15 is 0 Å². The van der Waals surface area contributed by atoms with Gasteiger partial charge in [-0.15, -0.1) is 0 Å². The number of fused-ring (bicyclic) bond motifs is 1. The molecule has 0 radical (unpaired) electrons. The highest BCUT2D eigenvalue weighted by Crippen LogP contribution is 2.28.